The van der Waals surface area contributed by atoms with E-state index in [2.05, 4.69) is 20.8 Å². The quantitative estimate of drug-likeness (QED) is 0.906. The zero-order valence-corrected chi connectivity index (χ0v) is 12.4. The van der Waals surface area contributed by atoms with Crippen LogP contribution in [0.15, 0.2) is 21.2 Å². The highest BCUT2D eigenvalue weighted by atomic mass is 79.9. The molecule has 0 aromatic carbocycles. The zero-order valence-electron chi connectivity index (χ0n) is 10.8. The van der Waals surface area contributed by atoms with Crippen LogP contribution in [0.1, 0.15) is 24.6 Å². The third kappa shape index (κ3) is 3.15. The molecule has 18 heavy (non-hydrogen) atoms. The lowest BCUT2D eigenvalue weighted by Gasteiger charge is -2.36. The standard InChI is InChI=1S/C13H21BrN2O2/c1-17-9-10-3-2-5-16(8-10)12(7-15)13-11(14)4-6-18-13/h4,6,10,12H,2-3,5,7-9,15H2,1H3. The van der Waals surface area contributed by atoms with Gasteiger partial charge in [0.15, 0.2) is 0 Å². The monoisotopic (exact) mass is 316 g/mol. The second-order valence-corrected chi connectivity index (χ2v) is 5.70. The van der Waals surface area contributed by atoms with Crippen LogP contribution < -0.4 is 5.73 Å². The van der Waals surface area contributed by atoms with Crippen molar-refractivity contribution in [1.82, 2.24) is 4.90 Å². The first-order chi connectivity index (χ1) is 8.76. The van der Waals surface area contributed by atoms with Crippen LogP contribution in [0.5, 0.6) is 0 Å². The Labute approximate surface area is 117 Å². The minimum absolute atomic E-state index is 0.161. The third-order valence-electron chi connectivity index (χ3n) is 3.56. The second kappa shape index (κ2) is 6.70. The van der Waals surface area contributed by atoms with E-state index in [1.807, 2.05) is 6.07 Å². The molecule has 0 bridgehead atoms. The van der Waals surface area contributed by atoms with Crippen molar-refractivity contribution in [2.45, 2.75) is 18.9 Å². The highest BCUT2D eigenvalue weighted by Gasteiger charge is 2.28. The number of nitrogens with two attached hydrogens (primary N) is 1. The Hall–Kier alpha value is -0.360. The average molecular weight is 317 g/mol. The van der Waals surface area contributed by atoms with E-state index in [-0.39, 0.29) is 6.04 Å². The number of piperidine rings is 1. The van der Waals surface area contributed by atoms with Crippen molar-refractivity contribution in [3.63, 3.8) is 0 Å². The maximum absolute atomic E-state index is 5.93. The number of likely N-dealkylation sites (tertiary alicyclic amines) is 1. The van der Waals surface area contributed by atoms with Crippen LogP contribution in [0.2, 0.25) is 0 Å². The van der Waals surface area contributed by atoms with Crippen molar-refractivity contribution in [2.24, 2.45) is 11.7 Å². The van der Waals surface area contributed by atoms with Crippen molar-refractivity contribution in [1.29, 1.82) is 0 Å². The summed E-state index contributed by atoms with van der Waals surface area (Å²) >= 11 is 3.52. The zero-order chi connectivity index (χ0) is 13.0. The normalized spacial score (nSPS) is 23.2. The Morgan fingerprint density at radius 3 is 3.11 bits per heavy atom. The fraction of sp³-hybridized carbons (Fsp3) is 0.692. The molecule has 0 amide bonds. The molecule has 1 aromatic heterocycles. The van der Waals surface area contributed by atoms with E-state index in [1.165, 1.54) is 12.8 Å². The first-order valence-electron chi connectivity index (χ1n) is 6.42. The molecule has 2 unspecified atom stereocenters. The predicted molar refractivity (Wildman–Crippen MR) is 74.4 cm³/mol. The van der Waals surface area contributed by atoms with Gasteiger partial charge in [0.1, 0.15) is 5.76 Å². The number of ether oxygens (including phenoxy) is 1. The maximum Gasteiger partial charge on any atom is 0.136 e. The Balaban J connectivity index is 2.06. The molecule has 1 aliphatic heterocycles. The van der Waals surface area contributed by atoms with Crippen LogP contribution in [-0.2, 0) is 4.74 Å². The van der Waals surface area contributed by atoms with Gasteiger partial charge in [-0.3, -0.25) is 4.90 Å². The Morgan fingerprint density at radius 2 is 2.50 bits per heavy atom. The first-order valence-corrected chi connectivity index (χ1v) is 7.21. The molecule has 4 nitrogen and oxygen atoms in total. The van der Waals surface area contributed by atoms with Crippen molar-refractivity contribution in [2.75, 3.05) is 33.4 Å². The van der Waals surface area contributed by atoms with E-state index < -0.39 is 0 Å². The van der Waals surface area contributed by atoms with Gasteiger partial charge in [-0.2, -0.15) is 0 Å². The lowest BCUT2D eigenvalue weighted by Crippen LogP contribution is -2.42. The fourth-order valence-corrected chi connectivity index (χ4v) is 3.18. The molecular formula is C13H21BrN2O2. The van der Waals surface area contributed by atoms with E-state index in [9.17, 15) is 0 Å². The molecule has 1 aliphatic rings. The smallest absolute Gasteiger partial charge is 0.136 e. The van der Waals surface area contributed by atoms with E-state index >= 15 is 0 Å². The minimum Gasteiger partial charge on any atom is -0.466 e. The summed E-state index contributed by atoms with van der Waals surface area (Å²) in [5.41, 5.74) is 5.93. The summed E-state index contributed by atoms with van der Waals surface area (Å²) in [4.78, 5) is 2.41. The highest BCUT2D eigenvalue weighted by molar-refractivity contribution is 9.10. The lowest BCUT2D eigenvalue weighted by molar-refractivity contribution is 0.0637. The van der Waals surface area contributed by atoms with Crippen LogP contribution in [0, 0.1) is 5.92 Å². The molecule has 5 heteroatoms. The van der Waals surface area contributed by atoms with Gasteiger partial charge in [0.25, 0.3) is 0 Å². The van der Waals surface area contributed by atoms with Gasteiger partial charge in [0, 0.05) is 20.2 Å². The lowest BCUT2D eigenvalue weighted by atomic mass is 9.97. The minimum atomic E-state index is 0.161. The van der Waals surface area contributed by atoms with Gasteiger partial charge in [0.05, 0.1) is 23.4 Å². The van der Waals surface area contributed by atoms with Crippen LogP contribution in [0.25, 0.3) is 0 Å². The van der Waals surface area contributed by atoms with Gasteiger partial charge in [-0.25, -0.2) is 0 Å². The fourth-order valence-electron chi connectivity index (χ4n) is 2.72. The van der Waals surface area contributed by atoms with Crippen LogP contribution in [-0.4, -0.2) is 38.3 Å². The molecule has 0 radical (unpaired) electrons. The number of furan rings is 1. The van der Waals surface area contributed by atoms with Crippen LogP contribution >= 0.6 is 15.9 Å². The first kappa shape index (κ1) is 14.1. The van der Waals surface area contributed by atoms with Crippen molar-refractivity contribution in [3.8, 4) is 0 Å². The van der Waals surface area contributed by atoms with Crippen LogP contribution in [0.4, 0.5) is 0 Å². The highest BCUT2D eigenvalue weighted by Crippen LogP contribution is 2.31. The number of rotatable bonds is 5. The summed E-state index contributed by atoms with van der Waals surface area (Å²) in [5, 5.41) is 0. The predicted octanol–water partition coefficient (Wildman–Crippen LogP) is 2.40. The summed E-state index contributed by atoms with van der Waals surface area (Å²) in [6.45, 7) is 3.51. The molecule has 1 fully saturated rings. The van der Waals surface area contributed by atoms with Gasteiger partial charge in [-0.1, -0.05) is 0 Å². The van der Waals surface area contributed by atoms with Crippen molar-refractivity contribution in [3.05, 3.63) is 22.6 Å². The molecule has 2 heterocycles. The number of nitrogens with zero attached hydrogens (tertiary/aromatic N) is 1. The number of hydrogen-bond acceptors (Lipinski definition) is 4. The number of halogens is 1. The second-order valence-electron chi connectivity index (χ2n) is 4.84. The third-order valence-corrected chi connectivity index (χ3v) is 4.22. The number of hydrogen-bond donors (Lipinski definition) is 1. The molecule has 0 saturated carbocycles. The van der Waals surface area contributed by atoms with E-state index in [4.69, 9.17) is 14.9 Å². The molecule has 1 aromatic rings. The topological polar surface area (TPSA) is 51.6 Å². The molecule has 1 saturated heterocycles. The molecule has 2 rings (SSSR count). The molecule has 2 N–H and O–H groups in total. The summed E-state index contributed by atoms with van der Waals surface area (Å²) in [6.07, 6.45) is 4.14. The Bertz CT molecular complexity index is 368. The maximum atomic E-state index is 5.93. The Morgan fingerprint density at radius 1 is 1.67 bits per heavy atom. The van der Waals surface area contributed by atoms with Crippen LogP contribution in [0.3, 0.4) is 0 Å². The van der Waals surface area contributed by atoms with Gasteiger partial charge in [-0.05, 0) is 47.3 Å². The van der Waals surface area contributed by atoms with Gasteiger partial charge >= 0.3 is 0 Å². The molecule has 0 aliphatic carbocycles. The Kier molecular flexibility index (Phi) is 5.24. The van der Waals surface area contributed by atoms with Crippen molar-refractivity contribution < 1.29 is 9.15 Å². The largest absolute Gasteiger partial charge is 0.466 e. The summed E-state index contributed by atoms with van der Waals surface area (Å²) < 4.78 is 11.8. The van der Waals surface area contributed by atoms with Gasteiger partial charge in [0.2, 0.25) is 0 Å². The van der Waals surface area contributed by atoms with E-state index in [0.717, 1.165) is 29.9 Å². The number of methoxy groups -OCH3 is 1. The summed E-state index contributed by atoms with van der Waals surface area (Å²) in [6, 6.07) is 2.09. The average Bonchev–Trinajstić information content (AvgIpc) is 2.78. The molecule has 0 spiro atoms. The van der Waals surface area contributed by atoms with E-state index in [0.29, 0.717) is 12.5 Å². The van der Waals surface area contributed by atoms with E-state index in [1.54, 1.807) is 13.4 Å². The summed E-state index contributed by atoms with van der Waals surface area (Å²) in [5.74, 6) is 1.54. The molecular weight excluding hydrogens is 296 g/mol. The van der Waals surface area contributed by atoms with Crippen molar-refractivity contribution >= 4 is 15.9 Å². The van der Waals surface area contributed by atoms with Gasteiger partial charge in [-0.15, -0.1) is 0 Å². The van der Waals surface area contributed by atoms with Gasteiger partial charge < -0.3 is 14.9 Å². The molecule has 102 valence electrons. The summed E-state index contributed by atoms with van der Waals surface area (Å²) in [7, 11) is 1.77. The molecule has 2 atom stereocenters. The SMILES string of the molecule is COCC1CCCN(C(CN)c2occc2Br)C1.